The standard InChI is InChI=1S/C21H26N2OS/c1-16(24)21-20(17-10-5-4-6-11-17)23(15-9-14-22(2)3)18-12-7-8-13-19(18)25-21/h4-8,10-13,20-21H,9,14-15H2,1-3H3/t20-,21-/m1/s1. The number of fused-ring (bicyclic) bond motifs is 1. The number of para-hydroxylation sites is 1. The van der Waals surface area contributed by atoms with Gasteiger partial charge in [0.1, 0.15) is 5.78 Å². The van der Waals surface area contributed by atoms with Crippen molar-refractivity contribution in [2.24, 2.45) is 0 Å². The zero-order chi connectivity index (χ0) is 17.8. The van der Waals surface area contributed by atoms with Crippen LogP contribution in [-0.2, 0) is 4.79 Å². The van der Waals surface area contributed by atoms with Crippen molar-refractivity contribution in [3.05, 3.63) is 60.2 Å². The van der Waals surface area contributed by atoms with E-state index in [0.29, 0.717) is 0 Å². The Morgan fingerprint density at radius 3 is 2.44 bits per heavy atom. The summed E-state index contributed by atoms with van der Waals surface area (Å²) in [6.45, 7) is 3.71. The molecule has 0 aliphatic carbocycles. The highest BCUT2D eigenvalue weighted by Gasteiger charge is 2.38. The molecular weight excluding hydrogens is 328 g/mol. The van der Waals surface area contributed by atoms with E-state index in [0.717, 1.165) is 19.5 Å². The van der Waals surface area contributed by atoms with Gasteiger partial charge < -0.3 is 9.80 Å². The van der Waals surface area contributed by atoms with Crippen LogP contribution < -0.4 is 4.90 Å². The van der Waals surface area contributed by atoms with E-state index in [4.69, 9.17) is 0 Å². The van der Waals surface area contributed by atoms with Crippen LogP contribution in [0.4, 0.5) is 5.69 Å². The van der Waals surface area contributed by atoms with Gasteiger partial charge in [0.05, 0.1) is 17.0 Å². The molecule has 0 aromatic heterocycles. The third-order valence-corrected chi connectivity index (χ3v) is 6.04. The first-order chi connectivity index (χ1) is 12.1. The second kappa shape index (κ2) is 8.07. The quantitative estimate of drug-likeness (QED) is 0.774. The van der Waals surface area contributed by atoms with Crippen LogP contribution >= 0.6 is 11.8 Å². The highest BCUT2D eigenvalue weighted by molar-refractivity contribution is 8.01. The summed E-state index contributed by atoms with van der Waals surface area (Å²) >= 11 is 1.71. The maximum Gasteiger partial charge on any atom is 0.145 e. The Labute approximate surface area is 155 Å². The van der Waals surface area contributed by atoms with E-state index in [1.54, 1.807) is 18.7 Å². The molecule has 2 atom stereocenters. The monoisotopic (exact) mass is 354 g/mol. The molecule has 0 radical (unpaired) electrons. The molecule has 2 aromatic carbocycles. The number of carbonyl (C=O) groups is 1. The topological polar surface area (TPSA) is 23.6 Å². The highest BCUT2D eigenvalue weighted by Crippen LogP contribution is 2.47. The van der Waals surface area contributed by atoms with Crippen molar-refractivity contribution in [2.75, 3.05) is 32.1 Å². The summed E-state index contributed by atoms with van der Waals surface area (Å²) in [5, 5.41) is -0.0725. The van der Waals surface area contributed by atoms with Gasteiger partial charge in [-0.25, -0.2) is 0 Å². The van der Waals surface area contributed by atoms with Crippen molar-refractivity contribution >= 4 is 23.2 Å². The zero-order valence-electron chi connectivity index (χ0n) is 15.2. The highest BCUT2D eigenvalue weighted by atomic mass is 32.2. The number of benzene rings is 2. The molecular formula is C21H26N2OS. The number of hydrogen-bond acceptors (Lipinski definition) is 4. The van der Waals surface area contributed by atoms with Crippen molar-refractivity contribution in [1.29, 1.82) is 0 Å². The van der Waals surface area contributed by atoms with E-state index in [1.165, 1.54) is 16.1 Å². The van der Waals surface area contributed by atoms with Gasteiger partial charge in [-0.2, -0.15) is 0 Å². The smallest absolute Gasteiger partial charge is 0.145 e. The molecule has 0 bridgehead atoms. The lowest BCUT2D eigenvalue weighted by molar-refractivity contribution is -0.116. The number of hydrogen-bond donors (Lipinski definition) is 0. The van der Waals surface area contributed by atoms with Crippen molar-refractivity contribution in [3.63, 3.8) is 0 Å². The van der Waals surface area contributed by atoms with Gasteiger partial charge in [-0.15, -0.1) is 11.8 Å². The van der Waals surface area contributed by atoms with Crippen LogP contribution in [0.1, 0.15) is 24.9 Å². The lowest BCUT2D eigenvalue weighted by atomic mass is 9.98. The molecule has 132 valence electrons. The molecule has 3 nitrogen and oxygen atoms in total. The van der Waals surface area contributed by atoms with Gasteiger partial charge in [0.2, 0.25) is 0 Å². The number of thioether (sulfide) groups is 1. The van der Waals surface area contributed by atoms with Crippen LogP contribution in [0.2, 0.25) is 0 Å². The van der Waals surface area contributed by atoms with Gasteiger partial charge in [0.25, 0.3) is 0 Å². The lowest BCUT2D eigenvalue weighted by Crippen LogP contribution is -2.42. The molecule has 0 spiro atoms. The maximum absolute atomic E-state index is 12.5. The van der Waals surface area contributed by atoms with Crippen molar-refractivity contribution < 1.29 is 4.79 Å². The first-order valence-corrected chi connectivity index (χ1v) is 9.68. The molecule has 25 heavy (non-hydrogen) atoms. The average Bonchev–Trinajstić information content (AvgIpc) is 2.61. The van der Waals surface area contributed by atoms with E-state index in [2.05, 4.69) is 72.4 Å². The fourth-order valence-corrected chi connectivity index (χ4v) is 4.77. The van der Waals surface area contributed by atoms with E-state index in [1.807, 2.05) is 6.07 Å². The minimum Gasteiger partial charge on any atom is -0.362 e. The normalized spacial score (nSPS) is 19.8. The van der Waals surface area contributed by atoms with Gasteiger partial charge in [0, 0.05) is 11.4 Å². The zero-order valence-corrected chi connectivity index (χ0v) is 16.0. The summed E-state index contributed by atoms with van der Waals surface area (Å²) in [4.78, 5) is 18.3. The minimum absolute atomic E-state index is 0.0725. The summed E-state index contributed by atoms with van der Waals surface area (Å²) < 4.78 is 0. The molecule has 3 rings (SSSR count). The molecule has 0 fully saturated rings. The molecule has 0 saturated heterocycles. The largest absolute Gasteiger partial charge is 0.362 e. The fraction of sp³-hybridized carbons (Fsp3) is 0.381. The summed E-state index contributed by atoms with van der Waals surface area (Å²) in [5.41, 5.74) is 2.46. The predicted octanol–water partition coefficient (Wildman–Crippen LogP) is 4.25. The number of anilines is 1. The van der Waals surface area contributed by atoms with Crippen LogP contribution in [-0.4, -0.2) is 43.1 Å². The van der Waals surface area contributed by atoms with Gasteiger partial charge in [-0.3, -0.25) is 4.79 Å². The van der Waals surface area contributed by atoms with Crippen LogP contribution in [0, 0.1) is 0 Å². The Hall–Kier alpha value is -1.78. The Balaban J connectivity index is 2.01. The molecule has 0 unspecified atom stereocenters. The third-order valence-electron chi connectivity index (χ3n) is 4.60. The Morgan fingerprint density at radius 2 is 1.76 bits per heavy atom. The van der Waals surface area contributed by atoms with Crippen molar-refractivity contribution in [3.8, 4) is 0 Å². The van der Waals surface area contributed by atoms with Gasteiger partial charge in [-0.1, -0.05) is 42.5 Å². The number of Topliss-reactive ketones (excluding diaryl/α,β-unsaturated/α-hetero) is 1. The second-order valence-electron chi connectivity index (χ2n) is 6.82. The summed E-state index contributed by atoms with van der Waals surface area (Å²) in [7, 11) is 4.21. The van der Waals surface area contributed by atoms with E-state index in [-0.39, 0.29) is 17.1 Å². The molecule has 0 N–H and O–H groups in total. The summed E-state index contributed by atoms with van der Waals surface area (Å²) in [5.74, 6) is 0.242. The maximum atomic E-state index is 12.5. The van der Waals surface area contributed by atoms with Crippen LogP contribution in [0.3, 0.4) is 0 Å². The minimum atomic E-state index is -0.0725. The first kappa shape index (κ1) is 18.0. The van der Waals surface area contributed by atoms with E-state index >= 15 is 0 Å². The van der Waals surface area contributed by atoms with E-state index < -0.39 is 0 Å². The number of carbonyl (C=O) groups excluding carboxylic acids is 1. The van der Waals surface area contributed by atoms with Crippen LogP contribution in [0.5, 0.6) is 0 Å². The molecule has 0 saturated carbocycles. The third kappa shape index (κ3) is 4.07. The molecule has 1 heterocycles. The molecule has 2 aromatic rings. The first-order valence-electron chi connectivity index (χ1n) is 8.80. The van der Waals surface area contributed by atoms with Crippen LogP contribution in [0.15, 0.2) is 59.5 Å². The predicted molar refractivity (Wildman–Crippen MR) is 106 cm³/mol. The van der Waals surface area contributed by atoms with Crippen molar-refractivity contribution in [1.82, 2.24) is 4.90 Å². The Bertz CT molecular complexity index is 717. The average molecular weight is 355 g/mol. The SMILES string of the molecule is CC(=O)[C@H]1Sc2ccccc2N(CCCN(C)C)[C@@H]1c1ccccc1. The van der Waals surface area contributed by atoms with E-state index in [9.17, 15) is 4.79 Å². The number of ketones is 1. The number of rotatable bonds is 6. The molecule has 1 aliphatic heterocycles. The Kier molecular flexibility index (Phi) is 5.82. The molecule has 1 aliphatic rings. The van der Waals surface area contributed by atoms with Gasteiger partial charge in [0.15, 0.2) is 0 Å². The van der Waals surface area contributed by atoms with Crippen molar-refractivity contribution in [2.45, 2.75) is 29.5 Å². The fourth-order valence-electron chi connectivity index (χ4n) is 3.44. The molecule has 0 amide bonds. The summed E-state index contributed by atoms with van der Waals surface area (Å²) in [6, 6.07) is 19.0. The number of nitrogens with zero attached hydrogens (tertiary/aromatic N) is 2. The van der Waals surface area contributed by atoms with Gasteiger partial charge >= 0.3 is 0 Å². The van der Waals surface area contributed by atoms with Gasteiger partial charge in [-0.05, 0) is 51.7 Å². The van der Waals surface area contributed by atoms with Crippen LogP contribution in [0.25, 0.3) is 0 Å². The summed E-state index contributed by atoms with van der Waals surface area (Å²) in [6.07, 6.45) is 1.07. The second-order valence-corrected chi connectivity index (χ2v) is 8.01. The Morgan fingerprint density at radius 1 is 1.08 bits per heavy atom. The lowest BCUT2D eigenvalue weighted by Gasteiger charge is -2.43. The molecule has 4 heteroatoms.